The summed E-state index contributed by atoms with van der Waals surface area (Å²) in [5, 5.41) is 3.94. The number of benzene rings is 2. The van der Waals surface area contributed by atoms with E-state index in [0.29, 0.717) is 32.3 Å². The highest BCUT2D eigenvalue weighted by Crippen LogP contribution is 2.33. The molecule has 0 bridgehead atoms. The second-order valence-electron chi connectivity index (χ2n) is 6.49. The third kappa shape index (κ3) is 4.88. The van der Waals surface area contributed by atoms with Crippen LogP contribution >= 0.6 is 23.4 Å². The topological polar surface area (TPSA) is 59.9 Å². The van der Waals surface area contributed by atoms with Crippen molar-refractivity contribution in [1.29, 1.82) is 0 Å². The number of nitrogens with zero attached hydrogens (tertiary/aromatic N) is 1. The van der Waals surface area contributed by atoms with E-state index in [9.17, 15) is 4.79 Å². The monoisotopic (exact) mass is 416 g/mol. The van der Waals surface area contributed by atoms with Crippen LogP contribution in [-0.2, 0) is 4.79 Å². The van der Waals surface area contributed by atoms with Gasteiger partial charge in [-0.2, -0.15) is 0 Å². The number of methoxy groups -OCH3 is 1. The number of aryl methyl sites for hydroxylation is 1. The maximum Gasteiger partial charge on any atom is 0.264 e. The molecule has 146 valence electrons. The zero-order valence-corrected chi connectivity index (χ0v) is 17.6. The maximum absolute atomic E-state index is 12.3. The Hall–Kier alpha value is -2.44. The number of halogens is 1. The molecule has 7 heteroatoms. The van der Waals surface area contributed by atoms with Gasteiger partial charge in [0, 0.05) is 5.02 Å². The number of carbonyl (C=O) groups is 1. The van der Waals surface area contributed by atoms with Gasteiger partial charge in [0.1, 0.15) is 0 Å². The molecule has 1 saturated heterocycles. The molecule has 1 aliphatic rings. The van der Waals surface area contributed by atoms with Crippen LogP contribution in [0.4, 0.5) is 5.69 Å². The van der Waals surface area contributed by atoms with Crippen LogP contribution in [0.2, 0.25) is 5.02 Å². The predicted octanol–water partition coefficient (Wildman–Crippen LogP) is 5.34. The number of amidine groups is 1. The Balaban J connectivity index is 1.82. The average molecular weight is 417 g/mol. The molecule has 2 aromatic rings. The van der Waals surface area contributed by atoms with Crippen molar-refractivity contribution < 1.29 is 14.3 Å². The summed E-state index contributed by atoms with van der Waals surface area (Å²) in [6.45, 7) is 5.84. The number of ether oxygens (including phenoxy) is 2. The van der Waals surface area contributed by atoms with Gasteiger partial charge in [-0.1, -0.05) is 23.7 Å². The van der Waals surface area contributed by atoms with Gasteiger partial charge in [0.2, 0.25) is 0 Å². The Kier molecular flexibility index (Phi) is 6.31. The Morgan fingerprint density at radius 2 is 1.96 bits per heavy atom. The second kappa shape index (κ2) is 8.71. The lowest BCUT2D eigenvalue weighted by atomic mass is 10.2. The van der Waals surface area contributed by atoms with E-state index in [4.69, 9.17) is 21.1 Å². The van der Waals surface area contributed by atoms with Crippen molar-refractivity contribution in [3.8, 4) is 11.5 Å². The quantitative estimate of drug-likeness (QED) is 0.668. The van der Waals surface area contributed by atoms with Gasteiger partial charge >= 0.3 is 0 Å². The molecule has 0 spiro atoms. The minimum atomic E-state index is -0.191. The third-order valence-corrected chi connectivity index (χ3v) is 5.20. The molecule has 0 saturated carbocycles. The summed E-state index contributed by atoms with van der Waals surface area (Å²) in [7, 11) is 1.59. The fourth-order valence-corrected chi connectivity index (χ4v) is 3.54. The van der Waals surface area contributed by atoms with Crippen molar-refractivity contribution >= 4 is 46.2 Å². The van der Waals surface area contributed by atoms with E-state index in [-0.39, 0.29) is 12.0 Å². The number of carbonyl (C=O) groups excluding carboxylic acids is 1. The summed E-state index contributed by atoms with van der Waals surface area (Å²) in [5.41, 5.74) is 2.51. The molecule has 1 aliphatic heterocycles. The number of nitrogens with one attached hydrogen (secondary N) is 1. The first kappa shape index (κ1) is 20.3. The first-order valence-electron chi connectivity index (χ1n) is 8.76. The first-order valence-corrected chi connectivity index (χ1v) is 9.95. The highest BCUT2D eigenvalue weighted by Gasteiger charge is 2.24. The van der Waals surface area contributed by atoms with Crippen LogP contribution in [0.3, 0.4) is 0 Å². The van der Waals surface area contributed by atoms with E-state index < -0.39 is 0 Å². The summed E-state index contributed by atoms with van der Waals surface area (Å²) in [5.74, 6) is 1.10. The van der Waals surface area contributed by atoms with Crippen molar-refractivity contribution in [2.75, 3.05) is 7.11 Å². The van der Waals surface area contributed by atoms with Gasteiger partial charge in [-0.05, 0) is 74.0 Å². The van der Waals surface area contributed by atoms with E-state index in [2.05, 4.69) is 10.3 Å². The Bertz CT molecular complexity index is 970. The zero-order valence-electron chi connectivity index (χ0n) is 16.1. The molecule has 5 nitrogen and oxygen atoms in total. The summed E-state index contributed by atoms with van der Waals surface area (Å²) >= 11 is 7.42. The molecule has 0 radical (unpaired) electrons. The first-order chi connectivity index (χ1) is 13.4. The minimum absolute atomic E-state index is 0.0447. The van der Waals surface area contributed by atoms with Crippen molar-refractivity contribution in [2.24, 2.45) is 4.99 Å². The zero-order chi connectivity index (χ0) is 20.3. The van der Waals surface area contributed by atoms with Gasteiger partial charge in [0.15, 0.2) is 16.7 Å². The van der Waals surface area contributed by atoms with Crippen molar-refractivity contribution in [2.45, 2.75) is 26.9 Å². The molecule has 1 fully saturated rings. The van der Waals surface area contributed by atoms with E-state index in [1.54, 1.807) is 19.3 Å². The smallest absolute Gasteiger partial charge is 0.264 e. The van der Waals surface area contributed by atoms with Crippen molar-refractivity contribution in [1.82, 2.24) is 5.32 Å². The van der Waals surface area contributed by atoms with Crippen molar-refractivity contribution in [3.63, 3.8) is 0 Å². The molecule has 0 aromatic heterocycles. The van der Waals surface area contributed by atoms with Gasteiger partial charge in [-0.25, -0.2) is 4.99 Å². The normalized spacial score (nSPS) is 16.7. The standard InChI is InChI=1S/C21H21ClN2O3S/c1-12(2)27-17-8-6-14(9-18(17)26-4)10-19-20(25)24-21(28-19)23-15-7-5-13(3)16(22)11-15/h5-12H,1-4H3,(H,23,24,25)/b19-10-. The third-order valence-electron chi connectivity index (χ3n) is 3.89. The van der Waals surface area contributed by atoms with E-state index >= 15 is 0 Å². The number of rotatable bonds is 5. The lowest BCUT2D eigenvalue weighted by Crippen LogP contribution is -2.19. The van der Waals surface area contributed by atoms with Gasteiger partial charge in [-0.15, -0.1) is 0 Å². The summed E-state index contributed by atoms with van der Waals surface area (Å²) in [6, 6.07) is 11.1. The number of amides is 1. The van der Waals surface area contributed by atoms with Crippen LogP contribution in [0.25, 0.3) is 6.08 Å². The number of aliphatic imine (C=N–C) groups is 1. The van der Waals surface area contributed by atoms with Crippen LogP contribution < -0.4 is 14.8 Å². The highest BCUT2D eigenvalue weighted by molar-refractivity contribution is 8.18. The molecule has 1 amide bonds. The fraction of sp³-hybridized carbons (Fsp3) is 0.238. The molecule has 0 unspecified atom stereocenters. The van der Waals surface area contributed by atoms with Gasteiger partial charge < -0.3 is 14.8 Å². The molecule has 28 heavy (non-hydrogen) atoms. The molecule has 1 heterocycles. The van der Waals surface area contributed by atoms with Crippen molar-refractivity contribution in [3.05, 3.63) is 57.5 Å². The average Bonchev–Trinajstić information content (AvgIpc) is 2.98. The SMILES string of the molecule is COc1cc(/C=C2\SC(=Nc3ccc(C)c(Cl)c3)NC2=O)ccc1OC(C)C. The maximum atomic E-state index is 12.3. The molecular formula is C21H21ClN2O3S. The van der Waals surface area contributed by atoms with Gasteiger partial charge in [-0.3, -0.25) is 4.79 Å². The lowest BCUT2D eigenvalue weighted by Gasteiger charge is -2.13. The second-order valence-corrected chi connectivity index (χ2v) is 7.93. The molecule has 0 aliphatic carbocycles. The number of thioether (sulfide) groups is 1. The van der Waals surface area contributed by atoms with E-state index in [0.717, 1.165) is 11.1 Å². The summed E-state index contributed by atoms with van der Waals surface area (Å²) < 4.78 is 11.1. The molecule has 0 atom stereocenters. The molecule has 2 aromatic carbocycles. The number of hydrogen-bond acceptors (Lipinski definition) is 5. The molecule has 1 N–H and O–H groups in total. The van der Waals surface area contributed by atoms with Crippen LogP contribution in [0, 0.1) is 6.92 Å². The van der Waals surface area contributed by atoms with Crippen LogP contribution in [-0.4, -0.2) is 24.3 Å². The minimum Gasteiger partial charge on any atom is -0.493 e. The van der Waals surface area contributed by atoms with Crippen LogP contribution in [0.15, 0.2) is 46.3 Å². The van der Waals surface area contributed by atoms with Gasteiger partial charge in [0.25, 0.3) is 5.91 Å². The van der Waals surface area contributed by atoms with Crippen LogP contribution in [0.1, 0.15) is 25.0 Å². The van der Waals surface area contributed by atoms with E-state index in [1.165, 1.54) is 11.8 Å². The Morgan fingerprint density at radius 1 is 1.18 bits per heavy atom. The summed E-state index contributed by atoms with van der Waals surface area (Å²) in [4.78, 5) is 17.3. The van der Waals surface area contributed by atoms with Crippen LogP contribution in [0.5, 0.6) is 11.5 Å². The number of hydrogen-bond donors (Lipinski definition) is 1. The Labute approximate surface area is 173 Å². The summed E-state index contributed by atoms with van der Waals surface area (Å²) in [6.07, 6.45) is 1.84. The fourth-order valence-electron chi connectivity index (χ4n) is 2.53. The van der Waals surface area contributed by atoms with Gasteiger partial charge in [0.05, 0.1) is 23.8 Å². The molecular weight excluding hydrogens is 396 g/mol. The highest BCUT2D eigenvalue weighted by atomic mass is 35.5. The Morgan fingerprint density at radius 3 is 2.64 bits per heavy atom. The predicted molar refractivity (Wildman–Crippen MR) is 116 cm³/mol. The molecule has 3 rings (SSSR count). The lowest BCUT2D eigenvalue weighted by molar-refractivity contribution is -0.115. The van der Waals surface area contributed by atoms with E-state index in [1.807, 2.05) is 51.1 Å². The largest absolute Gasteiger partial charge is 0.493 e.